The van der Waals surface area contributed by atoms with Gasteiger partial charge in [0.2, 0.25) is 0 Å². The summed E-state index contributed by atoms with van der Waals surface area (Å²) in [6.07, 6.45) is 2.64. The van der Waals surface area contributed by atoms with E-state index in [9.17, 15) is 4.79 Å². The largest absolute Gasteiger partial charge is 0.469 e. The summed E-state index contributed by atoms with van der Waals surface area (Å²) in [7, 11) is 1.37. The maximum absolute atomic E-state index is 11.2. The van der Waals surface area contributed by atoms with E-state index in [-0.39, 0.29) is 24.3 Å². The molecule has 0 amide bonds. The van der Waals surface area contributed by atoms with Crippen molar-refractivity contribution in [3.8, 4) is 0 Å². The summed E-state index contributed by atoms with van der Waals surface area (Å²) in [4.78, 5) is 11.2. The molecule has 2 N–H and O–H groups in total. The Balaban J connectivity index is 2.74. The molecule has 0 aliphatic rings. The number of carbonyl (C=O) groups is 1. The Bertz CT molecular complexity index is 295. The molecular weight excluding hydrogens is 194 g/mol. The van der Waals surface area contributed by atoms with Crippen molar-refractivity contribution >= 4 is 5.97 Å². The van der Waals surface area contributed by atoms with E-state index in [1.165, 1.54) is 7.11 Å². The first-order chi connectivity index (χ1) is 7.19. The lowest BCUT2D eigenvalue weighted by molar-refractivity contribution is -0.141. The number of nitrogens with two attached hydrogens (primary N) is 1. The quantitative estimate of drug-likeness (QED) is 0.752. The minimum absolute atomic E-state index is 0.0877. The van der Waals surface area contributed by atoms with Crippen LogP contribution in [0.4, 0.5) is 0 Å². The average molecular weight is 211 g/mol. The van der Waals surface area contributed by atoms with Crippen molar-refractivity contribution in [2.24, 2.45) is 5.73 Å². The fraction of sp³-hybridized carbons (Fsp3) is 0.545. The van der Waals surface area contributed by atoms with Crippen molar-refractivity contribution in [1.29, 1.82) is 0 Å². The van der Waals surface area contributed by atoms with Crippen molar-refractivity contribution in [1.82, 2.24) is 0 Å². The third kappa shape index (κ3) is 3.09. The minimum atomic E-state index is -0.264. The fourth-order valence-corrected chi connectivity index (χ4v) is 1.51. The van der Waals surface area contributed by atoms with E-state index in [0.717, 1.165) is 12.2 Å². The van der Waals surface area contributed by atoms with Crippen molar-refractivity contribution in [3.63, 3.8) is 0 Å². The van der Waals surface area contributed by atoms with Crippen LogP contribution < -0.4 is 5.73 Å². The van der Waals surface area contributed by atoms with Crippen LogP contribution in [0, 0.1) is 0 Å². The maximum Gasteiger partial charge on any atom is 0.306 e. The lowest BCUT2D eigenvalue weighted by Crippen LogP contribution is -2.29. The van der Waals surface area contributed by atoms with Gasteiger partial charge in [0.05, 0.1) is 19.8 Å². The van der Waals surface area contributed by atoms with Crippen LogP contribution in [-0.2, 0) is 9.53 Å². The molecule has 4 nitrogen and oxygen atoms in total. The number of carbonyl (C=O) groups excluding carboxylic acids is 1. The SMILES string of the molecule is CCC(N)C(CC(=O)OC)c1ccco1. The van der Waals surface area contributed by atoms with Crippen LogP contribution >= 0.6 is 0 Å². The van der Waals surface area contributed by atoms with Crippen molar-refractivity contribution in [3.05, 3.63) is 24.2 Å². The van der Waals surface area contributed by atoms with Gasteiger partial charge in [0, 0.05) is 12.0 Å². The molecule has 0 aliphatic carbocycles. The Morgan fingerprint density at radius 2 is 2.40 bits per heavy atom. The number of hydrogen-bond donors (Lipinski definition) is 1. The van der Waals surface area contributed by atoms with Crippen molar-refractivity contribution in [2.75, 3.05) is 7.11 Å². The smallest absolute Gasteiger partial charge is 0.306 e. The van der Waals surface area contributed by atoms with Gasteiger partial charge in [0.1, 0.15) is 5.76 Å². The zero-order valence-electron chi connectivity index (χ0n) is 9.10. The van der Waals surface area contributed by atoms with Crippen LogP contribution in [0.3, 0.4) is 0 Å². The molecule has 2 unspecified atom stereocenters. The van der Waals surface area contributed by atoms with E-state index in [4.69, 9.17) is 10.2 Å². The molecule has 0 fully saturated rings. The molecular formula is C11H17NO3. The van der Waals surface area contributed by atoms with E-state index in [2.05, 4.69) is 4.74 Å². The highest BCUT2D eigenvalue weighted by Gasteiger charge is 2.24. The second-order valence-corrected chi connectivity index (χ2v) is 3.47. The first-order valence-corrected chi connectivity index (χ1v) is 5.04. The van der Waals surface area contributed by atoms with Crippen LogP contribution in [0.25, 0.3) is 0 Å². The molecule has 15 heavy (non-hydrogen) atoms. The summed E-state index contributed by atoms with van der Waals surface area (Å²) >= 11 is 0. The summed E-state index contributed by atoms with van der Waals surface area (Å²) in [5.74, 6) is 0.382. The number of furan rings is 1. The summed E-state index contributed by atoms with van der Waals surface area (Å²) in [6, 6.07) is 3.54. The molecule has 0 aromatic carbocycles. The van der Waals surface area contributed by atoms with Gasteiger partial charge in [-0.1, -0.05) is 6.92 Å². The molecule has 4 heteroatoms. The third-order valence-electron chi connectivity index (χ3n) is 2.51. The third-order valence-corrected chi connectivity index (χ3v) is 2.51. The molecule has 84 valence electrons. The Kier molecular flexibility index (Phi) is 4.37. The maximum atomic E-state index is 11.2. The molecule has 1 heterocycles. The molecule has 0 bridgehead atoms. The summed E-state index contributed by atoms with van der Waals surface area (Å²) in [6.45, 7) is 1.98. The van der Waals surface area contributed by atoms with E-state index in [1.54, 1.807) is 12.3 Å². The topological polar surface area (TPSA) is 65.5 Å². The number of esters is 1. The van der Waals surface area contributed by atoms with Gasteiger partial charge in [-0.05, 0) is 18.6 Å². The van der Waals surface area contributed by atoms with Gasteiger partial charge in [0.25, 0.3) is 0 Å². The summed E-state index contributed by atoms with van der Waals surface area (Å²) in [5.41, 5.74) is 5.94. The molecule has 1 rings (SSSR count). The van der Waals surface area contributed by atoms with Gasteiger partial charge < -0.3 is 14.9 Å². The van der Waals surface area contributed by atoms with Crippen LogP contribution in [-0.4, -0.2) is 19.1 Å². The summed E-state index contributed by atoms with van der Waals surface area (Å²) < 4.78 is 9.91. The highest BCUT2D eigenvalue weighted by Crippen LogP contribution is 2.24. The second kappa shape index (κ2) is 5.56. The summed E-state index contributed by atoms with van der Waals surface area (Å²) in [5, 5.41) is 0. The van der Waals surface area contributed by atoms with Gasteiger partial charge in [-0.3, -0.25) is 4.79 Å². The highest BCUT2D eigenvalue weighted by molar-refractivity contribution is 5.70. The number of hydrogen-bond acceptors (Lipinski definition) is 4. The Morgan fingerprint density at radius 1 is 1.67 bits per heavy atom. The zero-order chi connectivity index (χ0) is 11.3. The Labute approximate surface area is 89.4 Å². The predicted octanol–water partition coefficient (Wildman–Crippen LogP) is 1.66. The first-order valence-electron chi connectivity index (χ1n) is 5.04. The van der Waals surface area contributed by atoms with Gasteiger partial charge >= 0.3 is 5.97 Å². The van der Waals surface area contributed by atoms with Crippen LogP contribution in [0.2, 0.25) is 0 Å². The van der Waals surface area contributed by atoms with Gasteiger partial charge in [-0.15, -0.1) is 0 Å². The molecule has 1 aromatic heterocycles. The number of methoxy groups -OCH3 is 1. The number of ether oxygens (including phenoxy) is 1. The molecule has 2 atom stereocenters. The van der Waals surface area contributed by atoms with Gasteiger partial charge in [-0.2, -0.15) is 0 Å². The zero-order valence-corrected chi connectivity index (χ0v) is 9.10. The van der Waals surface area contributed by atoms with Gasteiger partial charge in [0.15, 0.2) is 0 Å². The standard InChI is InChI=1S/C11H17NO3/c1-3-9(12)8(7-11(13)14-2)10-5-4-6-15-10/h4-6,8-9H,3,7,12H2,1-2H3. The molecule has 0 radical (unpaired) electrons. The monoisotopic (exact) mass is 211 g/mol. The van der Waals surface area contributed by atoms with E-state index in [0.29, 0.717) is 0 Å². The molecule has 0 saturated heterocycles. The van der Waals surface area contributed by atoms with E-state index in [1.807, 2.05) is 13.0 Å². The molecule has 1 aromatic rings. The number of rotatable bonds is 5. The highest BCUT2D eigenvalue weighted by atomic mass is 16.5. The Morgan fingerprint density at radius 3 is 2.87 bits per heavy atom. The molecule has 0 spiro atoms. The second-order valence-electron chi connectivity index (χ2n) is 3.47. The van der Waals surface area contributed by atoms with Crippen LogP contribution in [0.5, 0.6) is 0 Å². The normalized spacial score (nSPS) is 14.6. The first kappa shape index (κ1) is 11.8. The van der Waals surface area contributed by atoms with E-state index < -0.39 is 0 Å². The van der Waals surface area contributed by atoms with Crippen LogP contribution in [0.1, 0.15) is 31.4 Å². The van der Waals surface area contributed by atoms with Crippen LogP contribution in [0.15, 0.2) is 22.8 Å². The predicted molar refractivity (Wildman–Crippen MR) is 56.3 cm³/mol. The fourth-order valence-electron chi connectivity index (χ4n) is 1.51. The molecule has 0 aliphatic heterocycles. The van der Waals surface area contributed by atoms with Crippen molar-refractivity contribution in [2.45, 2.75) is 31.7 Å². The van der Waals surface area contributed by atoms with E-state index >= 15 is 0 Å². The lowest BCUT2D eigenvalue weighted by Gasteiger charge is -2.19. The minimum Gasteiger partial charge on any atom is -0.469 e. The average Bonchev–Trinajstić information content (AvgIpc) is 2.77. The molecule has 0 saturated carbocycles. The van der Waals surface area contributed by atoms with Gasteiger partial charge in [-0.25, -0.2) is 0 Å². The van der Waals surface area contributed by atoms with Crippen molar-refractivity contribution < 1.29 is 13.9 Å². The lowest BCUT2D eigenvalue weighted by atomic mass is 9.92. The Hall–Kier alpha value is -1.29.